The smallest absolute Gasteiger partial charge is 0.0478 e. The molecule has 0 heterocycles. The van der Waals surface area contributed by atoms with Crippen molar-refractivity contribution in [3.63, 3.8) is 0 Å². The van der Waals surface area contributed by atoms with Crippen LogP contribution in [-0.4, -0.2) is 13.0 Å². The van der Waals surface area contributed by atoms with E-state index < -0.39 is 0 Å². The van der Waals surface area contributed by atoms with Gasteiger partial charge in [-0.2, -0.15) is 0 Å². The molecule has 49 valence electrons. The Kier molecular flexibility index (Phi) is 46.0. The molecule has 0 N–H and O–H groups in total. The fraction of sp³-hybridized carbons (Fsp3) is 0.600. The van der Waals surface area contributed by atoms with E-state index in [0.29, 0.717) is 0 Å². The molecule has 0 aliphatic rings. The summed E-state index contributed by atoms with van der Waals surface area (Å²) in [4.78, 5) is 9.65. The van der Waals surface area contributed by atoms with Crippen LogP contribution in [-0.2, 0) is 37.5 Å². The number of hydrogen-bond donors (Lipinski definition) is 0. The third kappa shape index (κ3) is 30.8. The molecule has 0 atom stereocenters. The number of rotatable bonds is 0. The van der Waals surface area contributed by atoms with Gasteiger partial charge in [0.25, 0.3) is 0 Å². The first-order valence-electron chi connectivity index (χ1n) is 1.37. The molecule has 0 spiro atoms. The third-order valence-electron chi connectivity index (χ3n) is 0.315. The Morgan fingerprint density at radius 3 is 1.62 bits per heavy atom. The Hall–Kier alpha value is 0.574. The van der Waals surface area contributed by atoms with Crippen LogP contribution >= 0.6 is 0 Å². The average molecular weight is 192 g/mol. The number of carbonyl (C=O) groups is 1. The molecule has 0 aromatic rings. The molecule has 0 unspecified atom stereocenters. The molecule has 0 saturated heterocycles. The summed E-state index contributed by atoms with van der Waals surface area (Å²) in [5.41, 5.74) is 0. The third-order valence-corrected chi connectivity index (χ3v) is 0.315. The van der Waals surface area contributed by atoms with Gasteiger partial charge in [0.15, 0.2) is 0 Å². The van der Waals surface area contributed by atoms with Crippen LogP contribution in [0, 0.1) is 7.43 Å². The maximum atomic E-state index is 9.65. The van der Waals surface area contributed by atoms with Crippen molar-refractivity contribution < 1.29 is 37.5 Å². The summed E-state index contributed by atoms with van der Waals surface area (Å²) < 4.78 is 0. The Balaban J connectivity index is -0.0000000267. The SMILES string of the molecule is C.C[N-]C(C)=O.[CH3-].[Y]. The largest absolute Gasteiger partial charge is 0.656 e. The van der Waals surface area contributed by atoms with Gasteiger partial charge in [0.2, 0.25) is 0 Å². The van der Waals surface area contributed by atoms with E-state index in [1.807, 2.05) is 0 Å². The molecular formula is C5H13NOY-2. The molecule has 0 aromatic heterocycles. The zero-order chi connectivity index (χ0) is 4.28. The standard InChI is InChI=1S/C3H7NO.CH4.CH3.Y/c1-3(5)4-2;;;/h1-2H3,(H,4,5);1H4;1H3;/q;;-1;/p-1. The summed E-state index contributed by atoms with van der Waals surface area (Å²) >= 11 is 0. The van der Waals surface area contributed by atoms with Gasteiger partial charge in [-0.05, 0) is 6.92 Å². The van der Waals surface area contributed by atoms with Gasteiger partial charge in [0.05, 0.1) is 0 Å². The normalized spacial score (nSPS) is 4.25. The minimum absolute atomic E-state index is 0. The van der Waals surface area contributed by atoms with Gasteiger partial charge in [0, 0.05) is 38.6 Å². The van der Waals surface area contributed by atoms with E-state index in [9.17, 15) is 4.79 Å². The zero-order valence-corrected chi connectivity index (χ0v) is 7.77. The monoisotopic (exact) mass is 192 g/mol. The first-order valence-corrected chi connectivity index (χ1v) is 1.37. The Labute approximate surface area is 77.3 Å². The maximum Gasteiger partial charge on any atom is 0.0478 e. The van der Waals surface area contributed by atoms with Gasteiger partial charge in [0.1, 0.15) is 0 Å². The van der Waals surface area contributed by atoms with Crippen LogP contribution in [0.2, 0.25) is 0 Å². The fourth-order valence-corrected chi connectivity index (χ4v) is 0. The van der Waals surface area contributed by atoms with E-state index in [2.05, 4.69) is 5.32 Å². The van der Waals surface area contributed by atoms with Crippen LogP contribution in [0.5, 0.6) is 0 Å². The van der Waals surface area contributed by atoms with Crippen molar-refractivity contribution in [3.05, 3.63) is 12.7 Å². The molecule has 2 nitrogen and oxygen atoms in total. The van der Waals surface area contributed by atoms with E-state index >= 15 is 0 Å². The number of amides is 1. The molecule has 0 aliphatic heterocycles. The Bertz CT molecular complexity index is 47.7. The van der Waals surface area contributed by atoms with Crippen molar-refractivity contribution in [2.45, 2.75) is 14.4 Å². The predicted molar refractivity (Wildman–Crippen MR) is 33.1 cm³/mol. The van der Waals surface area contributed by atoms with Crippen LogP contribution in [0.15, 0.2) is 0 Å². The summed E-state index contributed by atoms with van der Waals surface area (Å²) in [6.07, 6.45) is 0. The first-order chi connectivity index (χ1) is 2.27. The van der Waals surface area contributed by atoms with E-state index in [1.54, 1.807) is 0 Å². The summed E-state index contributed by atoms with van der Waals surface area (Å²) in [7, 11) is 1.47. The second-order valence-corrected chi connectivity index (χ2v) is 0.743. The first kappa shape index (κ1) is 23.5. The molecule has 0 bridgehead atoms. The minimum Gasteiger partial charge on any atom is -0.656 e. The van der Waals surface area contributed by atoms with Crippen molar-refractivity contribution in [2.75, 3.05) is 7.05 Å². The van der Waals surface area contributed by atoms with Crippen LogP contribution < -0.4 is 0 Å². The molecule has 0 saturated carbocycles. The topological polar surface area (TPSA) is 31.2 Å². The summed E-state index contributed by atoms with van der Waals surface area (Å²) in [6, 6.07) is 0. The van der Waals surface area contributed by atoms with E-state index in [-0.39, 0.29) is 53.5 Å². The second kappa shape index (κ2) is 15.6. The molecule has 1 radical (unpaired) electrons. The average Bonchev–Trinajstić information content (AvgIpc) is 1.38. The quantitative estimate of drug-likeness (QED) is 0.536. The van der Waals surface area contributed by atoms with Crippen molar-refractivity contribution >= 4 is 5.91 Å². The van der Waals surface area contributed by atoms with E-state index in [0.717, 1.165) is 0 Å². The molecule has 0 rings (SSSR count). The van der Waals surface area contributed by atoms with Crippen molar-refractivity contribution in [3.8, 4) is 0 Å². The molecule has 0 aliphatic carbocycles. The van der Waals surface area contributed by atoms with Gasteiger partial charge in [-0.25, -0.2) is 0 Å². The van der Waals surface area contributed by atoms with Crippen LogP contribution in [0.3, 0.4) is 0 Å². The van der Waals surface area contributed by atoms with Crippen molar-refractivity contribution in [1.29, 1.82) is 0 Å². The minimum atomic E-state index is -0.120. The molecule has 8 heavy (non-hydrogen) atoms. The maximum absolute atomic E-state index is 9.65. The van der Waals surface area contributed by atoms with Gasteiger partial charge < -0.3 is 17.5 Å². The van der Waals surface area contributed by atoms with Crippen LogP contribution in [0.4, 0.5) is 0 Å². The molecule has 0 aromatic carbocycles. The zero-order valence-electron chi connectivity index (χ0n) is 4.93. The molecule has 3 heteroatoms. The van der Waals surface area contributed by atoms with Gasteiger partial charge in [-0.3, -0.25) is 0 Å². The predicted octanol–water partition coefficient (Wildman–Crippen LogP) is 1.62. The molecule has 1 amide bonds. The van der Waals surface area contributed by atoms with E-state index in [4.69, 9.17) is 0 Å². The number of hydrogen-bond acceptors (Lipinski definition) is 1. The summed E-state index contributed by atoms with van der Waals surface area (Å²) in [5.74, 6) is -0.120. The Morgan fingerprint density at radius 1 is 1.50 bits per heavy atom. The van der Waals surface area contributed by atoms with Gasteiger partial charge in [-0.15, -0.1) is 7.05 Å². The fourth-order valence-electron chi connectivity index (χ4n) is 0. The van der Waals surface area contributed by atoms with Crippen LogP contribution in [0.25, 0.3) is 5.32 Å². The molecular weight excluding hydrogens is 179 g/mol. The number of nitrogens with zero attached hydrogens (tertiary/aromatic N) is 1. The van der Waals surface area contributed by atoms with E-state index in [1.165, 1.54) is 14.0 Å². The van der Waals surface area contributed by atoms with Gasteiger partial charge in [-0.1, -0.05) is 7.43 Å². The summed E-state index contributed by atoms with van der Waals surface area (Å²) in [5, 5.41) is 3.25. The van der Waals surface area contributed by atoms with Crippen molar-refractivity contribution in [1.82, 2.24) is 0 Å². The second-order valence-electron chi connectivity index (χ2n) is 0.743. The van der Waals surface area contributed by atoms with Gasteiger partial charge >= 0.3 is 0 Å². The van der Waals surface area contributed by atoms with Crippen molar-refractivity contribution in [2.24, 2.45) is 0 Å². The number of carbonyl (C=O) groups excluding carboxylic acids is 1. The summed E-state index contributed by atoms with van der Waals surface area (Å²) in [6.45, 7) is 1.42. The molecule has 0 fully saturated rings. The Morgan fingerprint density at radius 2 is 1.62 bits per heavy atom. The van der Waals surface area contributed by atoms with Crippen LogP contribution in [0.1, 0.15) is 14.4 Å².